The van der Waals surface area contributed by atoms with Crippen LogP contribution in [0.4, 0.5) is 0 Å². The van der Waals surface area contributed by atoms with Crippen LogP contribution in [-0.4, -0.2) is 5.97 Å². The number of benzene rings is 1. The predicted molar refractivity (Wildman–Crippen MR) is 144 cm³/mol. The van der Waals surface area contributed by atoms with Gasteiger partial charge in [0.25, 0.3) is 0 Å². The molecule has 1 rings (SSSR count). The Morgan fingerprint density at radius 3 is 1.52 bits per heavy atom. The molecule has 1 aromatic rings. The number of carbonyl (C=O) groups excluding carboxylic acids is 1. The fourth-order valence-electron chi connectivity index (χ4n) is 4.58. The summed E-state index contributed by atoms with van der Waals surface area (Å²) in [6.07, 6.45) is 26.2. The van der Waals surface area contributed by atoms with E-state index in [4.69, 9.17) is 4.74 Å². The third kappa shape index (κ3) is 17.8. The van der Waals surface area contributed by atoms with E-state index >= 15 is 0 Å². The summed E-state index contributed by atoms with van der Waals surface area (Å²) in [5, 5.41) is 0. The Balaban J connectivity index is 2.18. The smallest absolute Gasteiger partial charge is 0.306 e. The van der Waals surface area contributed by atoms with Gasteiger partial charge >= 0.3 is 5.97 Å². The summed E-state index contributed by atoms with van der Waals surface area (Å²) in [6.45, 7) is 4.54. The van der Waals surface area contributed by atoms with Crippen molar-refractivity contribution in [3.05, 3.63) is 35.9 Å². The zero-order valence-electron chi connectivity index (χ0n) is 22.1. The molecular formula is C31H54O2. The Morgan fingerprint density at radius 1 is 0.606 bits per heavy atom. The lowest BCUT2D eigenvalue weighted by Crippen LogP contribution is -2.11. The molecule has 1 atom stereocenters. The van der Waals surface area contributed by atoms with Crippen molar-refractivity contribution in [2.75, 3.05) is 0 Å². The van der Waals surface area contributed by atoms with E-state index in [1.807, 2.05) is 6.07 Å². The number of carbonyl (C=O) groups is 1. The molecule has 0 aromatic heterocycles. The van der Waals surface area contributed by atoms with Crippen molar-refractivity contribution >= 4 is 5.97 Å². The van der Waals surface area contributed by atoms with Crippen molar-refractivity contribution in [3.8, 4) is 0 Å². The molecule has 0 radical (unpaired) electrons. The van der Waals surface area contributed by atoms with Crippen LogP contribution in [0.15, 0.2) is 30.3 Å². The molecule has 0 heterocycles. The molecular weight excluding hydrogens is 404 g/mol. The van der Waals surface area contributed by atoms with Crippen LogP contribution in [-0.2, 0) is 9.53 Å². The molecule has 33 heavy (non-hydrogen) atoms. The van der Waals surface area contributed by atoms with Crippen LogP contribution in [0, 0.1) is 0 Å². The third-order valence-corrected chi connectivity index (χ3v) is 6.75. The lowest BCUT2D eigenvalue weighted by atomic mass is 10.0. The van der Waals surface area contributed by atoms with Crippen molar-refractivity contribution < 1.29 is 9.53 Å². The molecule has 0 amide bonds. The summed E-state index contributed by atoms with van der Waals surface area (Å²) >= 11 is 0. The van der Waals surface area contributed by atoms with Crippen LogP contribution < -0.4 is 0 Å². The Bertz CT molecular complexity index is 539. The summed E-state index contributed by atoms with van der Waals surface area (Å²) in [4.78, 5) is 12.5. The highest BCUT2D eigenvalue weighted by molar-refractivity contribution is 5.69. The zero-order chi connectivity index (χ0) is 23.8. The van der Waals surface area contributed by atoms with Crippen molar-refractivity contribution in [2.45, 2.75) is 155 Å². The van der Waals surface area contributed by atoms with Gasteiger partial charge in [0.15, 0.2) is 0 Å². The third-order valence-electron chi connectivity index (χ3n) is 6.75. The molecule has 190 valence electrons. The highest BCUT2D eigenvalue weighted by Gasteiger charge is 2.16. The van der Waals surface area contributed by atoms with Crippen LogP contribution in [0.3, 0.4) is 0 Å². The number of rotatable bonds is 23. The van der Waals surface area contributed by atoms with Gasteiger partial charge in [-0.2, -0.15) is 0 Å². The number of unbranched alkanes of at least 4 members (excludes halogenated alkanes) is 17. The number of esters is 1. The molecule has 0 bridgehead atoms. The lowest BCUT2D eigenvalue weighted by Gasteiger charge is -2.18. The van der Waals surface area contributed by atoms with Crippen molar-refractivity contribution in [2.24, 2.45) is 0 Å². The second-order valence-corrected chi connectivity index (χ2v) is 9.94. The minimum absolute atomic E-state index is 0.0149. The van der Waals surface area contributed by atoms with Gasteiger partial charge in [-0.3, -0.25) is 4.79 Å². The van der Waals surface area contributed by atoms with Crippen molar-refractivity contribution in [3.63, 3.8) is 0 Å². The first-order chi connectivity index (χ1) is 16.3. The quantitative estimate of drug-likeness (QED) is 0.120. The Morgan fingerprint density at radius 2 is 1.03 bits per heavy atom. The SMILES string of the molecule is CCCCCCCCCCCC[C@H](OC(=O)CCCCCCCCCCC)c1ccccc1. The fourth-order valence-corrected chi connectivity index (χ4v) is 4.58. The number of hydrogen-bond donors (Lipinski definition) is 0. The minimum atomic E-state index is -0.0775. The first-order valence-electron chi connectivity index (χ1n) is 14.5. The van der Waals surface area contributed by atoms with E-state index in [2.05, 4.69) is 38.1 Å². The summed E-state index contributed by atoms with van der Waals surface area (Å²) in [5.41, 5.74) is 1.15. The summed E-state index contributed by atoms with van der Waals surface area (Å²) < 4.78 is 5.95. The van der Waals surface area contributed by atoms with E-state index in [1.165, 1.54) is 103 Å². The second kappa shape index (κ2) is 22.5. The Labute approximate surface area is 206 Å². The van der Waals surface area contributed by atoms with Gasteiger partial charge in [0, 0.05) is 6.42 Å². The largest absolute Gasteiger partial charge is 0.457 e. The summed E-state index contributed by atoms with van der Waals surface area (Å²) in [5.74, 6) is -0.0149. The van der Waals surface area contributed by atoms with Crippen LogP contribution in [0.5, 0.6) is 0 Å². The molecule has 2 nitrogen and oxygen atoms in total. The van der Waals surface area contributed by atoms with Crippen LogP contribution in [0.25, 0.3) is 0 Å². The van der Waals surface area contributed by atoms with E-state index in [-0.39, 0.29) is 12.1 Å². The maximum Gasteiger partial charge on any atom is 0.306 e. The molecule has 0 aliphatic heterocycles. The average Bonchev–Trinajstić information content (AvgIpc) is 2.84. The molecule has 0 N–H and O–H groups in total. The predicted octanol–water partition coefficient (Wildman–Crippen LogP) is 10.5. The van der Waals surface area contributed by atoms with Gasteiger partial charge in [0.2, 0.25) is 0 Å². The standard InChI is InChI=1S/C31H54O2/c1-3-5-7-9-11-13-15-16-18-23-27-30(29-25-21-20-22-26-29)33-31(32)28-24-19-17-14-12-10-8-6-4-2/h20-22,25-26,30H,3-19,23-24,27-28H2,1-2H3/t30-/m0/s1. The highest BCUT2D eigenvalue weighted by Crippen LogP contribution is 2.25. The minimum Gasteiger partial charge on any atom is -0.457 e. The Kier molecular flexibility index (Phi) is 20.2. The highest BCUT2D eigenvalue weighted by atomic mass is 16.5. The second-order valence-electron chi connectivity index (χ2n) is 9.94. The summed E-state index contributed by atoms with van der Waals surface area (Å²) in [7, 11) is 0. The molecule has 0 saturated carbocycles. The van der Waals surface area contributed by atoms with Crippen molar-refractivity contribution in [1.29, 1.82) is 0 Å². The number of hydrogen-bond acceptors (Lipinski definition) is 2. The van der Waals surface area contributed by atoms with Gasteiger partial charge in [-0.1, -0.05) is 153 Å². The Hall–Kier alpha value is -1.31. The van der Waals surface area contributed by atoms with Gasteiger partial charge in [-0.15, -0.1) is 0 Å². The van der Waals surface area contributed by atoms with Gasteiger partial charge < -0.3 is 4.74 Å². The molecule has 1 aromatic carbocycles. The summed E-state index contributed by atoms with van der Waals surface area (Å²) in [6, 6.07) is 10.3. The van der Waals surface area contributed by atoms with Gasteiger partial charge in [0.1, 0.15) is 6.10 Å². The molecule has 0 unspecified atom stereocenters. The van der Waals surface area contributed by atoms with E-state index in [9.17, 15) is 4.79 Å². The van der Waals surface area contributed by atoms with Gasteiger partial charge in [0.05, 0.1) is 0 Å². The molecule has 0 aliphatic carbocycles. The lowest BCUT2D eigenvalue weighted by molar-refractivity contribution is -0.150. The zero-order valence-corrected chi connectivity index (χ0v) is 22.1. The van der Waals surface area contributed by atoms with E-state index < -0.39 is 0 Å². The van der Waals surface area contributed by atoms with Crippen LogP contribution in [0.2, 0.25) is 0 Å². The van der Waals surface area contributed by atoms with E-state index in [1.54, 1.807) is 0 Å². The molecule has 0 saturated heterocycles. The van der Waals surface area contributed by atoms with Crippen LogP contribution in [0.1, 0.15) is 160 Å². The van der Waals surface area contributed by atoms with E-state index in [0.717, 1.165) is 31.2 Å². The van der Waals surface area contributed by atoms with Gasteiger partial charge in [-0.25, -0.2) is 0 Å². The van der Waals surface area contributed by atoms with E-state index in [0.29, 0.717) is 6.42 Å². The molecule has 0 aliphatic rings. The topological polar surface area (TPSA) is 26.3 Å². The first kappa shape index (κ1) is 29.7. The molecule has 0 spiro atoms. The average molecular weight is 459 g/mol. The first-order valence-corrected chi connectivity index (χ1v) is 14.5. The molecule has 0 fully saturated rings. The number of ether oxygens (including phenoxy) is 1. The maximum absolute atomic E-state index is 12.5. The van der Waals surface area contributed by atoms with Crippen molar-refractivity contribution in [1.82, 2.24) is 0 Å². The van der Waals surface area contributed by atoms with Crippen LogP contribution >= 0.6 is 0 Å². The normalized spacial score (nSPS) is 12.1. The monoisotopic (exact) mass is 458 g/mol. The van der Waals surface area contributed by atoms with Gasteiger partial charge in [-0.05, 0) is 24.8 Å². The molecule has 2 heteroatoms. The maximum atomic E-state index is 12.5. The fraction of sp³-hybridized carbons (Fsp3) is 0.774.